The lowest BCUT2D eigenvalue weighted by atomic mass is 10.1. The topological polar surface area (TPSA) is 70.4 Å². The van der Waals surface area contributed by atoms with E-state index in [2.05, 4.69) is 4.98 Å². The zero-order chi connectivity index (χ0) is 18.2. The van der Waals surface area contributed by atoms with E-state index in [9.17, 15) is 9.59 Å². The number of nitrogens with zero attached hydrogens (tertiary/aromatic N) is 2. The van der Waals surface area contributed by atoms with E-state index in [1.54, 1.807) is 26.4 Å². The number of ether oxygens (including phenoxy) is 2. The molecule has 0 bridgehead atoms. The number of hydrogen-bond donors (Lipinski definition) is 0. The van der Waals surface area contributed by atoms with E-state index in [0.717, 1.165) is 23.2 Å². The molecule has 0 unspecified atom stereocenters. The number of aldehydes is 1. The van der Waals surface area contributed by atoms with Crippen LogP contribution in [0.5, 0.6) is 5.75 Å². The van der Waals surface area contributed by atoms with Crippen molar-refractivity contribution in [2.24, 2.45) is 0 Å². The molecule has 132 valence electrons. The molecule has 25 heavy (non-hydrogen) atoms. The number of carbonyl (C=O) groups excluding carboxylic acids is 2. The molecule has 0 radical (unpaired) electrons. The molecule has 6 heteroatoms. The van der Waals surface area contributed by atoms with Gasteiger partial charge >= 0.3 is 5.97 Å². The standard InChI is InChI=1S/C19H22N2O4/c1-4-25-19(23)16(6-5-9-22)10-15-7-8-17(18(11-15)24-3)21-12-14(2)20-13-21/h7-13H,4-6H2,1-3H3/b16-10-. The number of esters is 1. The summed E-state index contributed by atoms with van der Waals surface area (Å²) < 4.78 is 12.4. The molecular weight excluding hydrogens is 320 g/mol. The second kappa shape index (κ2) is 8.82. The summed E-state index contributed by atoms with van der Waals surface area (Å²) in [5, 5.41) is 0. The lowest BCUT2D eigenvalue weighted by Gasteiger charge is -2.11. The van der Waals surface area contributed by atoms with Gasteiger partial charge in [0.05, 0.1) is 31.4 Å². The van der Waals surface area contributed by atoms with Gasteiger partial charge in [0.2, 0.25) is 0 Å². The van der Waals surface area contributed by atoms with Gasteiger partial charge < -0.3 is 18.8 Å². The van der Waals surface area contributed by atoms with Gasteiger partial charge in [-0.05, 0) is 44.0 Å². The Bertz CT molecular complexity index is 777. The van der Waals surface area contributed by atoms with Crippen LogP contribution in [0.25, 0.3) is 11.8 Å². The van der Waals surface area contributed by atoms with Gasteiger partial charge in [-0.2, -0.15) is 0 Å². The summed E-state index contributed by atoms with van der Waals surface area (Å²) in [5.74, 6) is 0.252. The van der Waals surface area contributed by atoms with E-state index in [1.165, 1.54) is 0 Å². The van der Waals surface area contributed by atoms with Crippen LogP contribution in [0.15, 0.2) is 36.3 Å². The van der Waals surface area contributed by atoms with Gasteiger partial charge in [0.15, 0.2) is 0 Å². The van der Waals surface area contributed by atoms with Crippen LogP contribution in [0.1, 0.15) is 31.0 Å². The fraction of sp³-hybridized carbons (Fsp3) is 0.316. The summed E-state index contributed by atoms with van der Waals surface area (Å²) in [5.41, 5.74) is 3.02. The highest BCUT2D eigenvalue weighted by molar-refractivity contribution is 5.94. The molecule has 6 nitrogen and oxygen atoms in total. The van der Waals surface area contributed by atoms with Crippen LogP contribution in [-0.2, 0) is 14.3 Å². The molecule has 0 N–H and O–H groups in total. The first kappa shape index (κ1) is 18.4. The molecule has 0 saturated carbocycles. The zero-order valence-corrected chi connectivity index (χ0v) is 14.7. The Kier molecular flexibility index (Phi) is 6.51. The number of methoxy groups -OCH3 is 1. The molecule has 1 aromatic carbocycles. The summed E-state index contributed by atoms with van der Waals surface area (Å²) in [6.07, 6.45) is 6.75. The van der Waals surface area contributed by atoms with E-state index in [0.29, 0.717) is 24.4 Å². The Morgan fingerprint density at radius 3 is 2.76 bits per heavy atom. The van der Waals surface area contributed by atoms with Crippen molar-refractivity contribution in [1.29, 1.82) is 0 Å². The molecule has 2 rings (SSSR count). The van der Waals surface area contributed by atoms with Crippen molar-refractivity contribution in [3.05, 3.63) is 47.6 Å². The number of hydrogen-bond acceptors (Lipinski definition) is 5. The Morgan fingerprint density at radius 2 is 2.16 bits per heavy atom. The molecule has 0 aliphatic heterocycles. The first-order valence-electron chi connectivity index (χ1n) is 8.09. The first-order chi connectivity index (χ1) is 12.1. The van der Waals surface area contributed by atoms with Gasteiger partial charge in [0.25, 0.3) is 0 Å². The van der Waals surface area contributed by atoms with Gasteiger partial charge in [-0.25, -0.2) is 9.78 Å². The maximum atomic E-state index is 12.0. The molecule has 2 aromatic rings. The van der Waals surface area contributed by atoms with Crippen molar-refractivity contribution < 1.29 is 19.1 Å². The molecule has 0 aliphatic carbocycles. The SMILES string of the molecule is CCOC(=O)/C(=C\c1ccc(-n2cnc(C)c2)c(OC)c1)CCC=O. The van der Waals surface area contributed by atoms with Crippen molar-refractivity contribution in [3.8, 4) is 11.4 Å². The van der Waals surface area contributed by atoms with Gasteiger partial charge in [0, 0.05) is 18.2 Å². The van der Waals surface area contributed by atoms with Crippen LogP contribution in [0.3, 0.4) is 0 Å². The van der Waals surface area contributed by atoms with Crippen LogP contribution in [0.2, 0.25) is 0 Å². The summed E-state index contributed by atoms with van der Waals surface area (Å²) in [6, 6.07) is 5.62. The van der Waals surface area contributed by atoms with Crippen molar-refractivity contribution in [3.63, 3.8) is 0 Å². The number of aryl methyl sites for hydroxylation is 1. The van der Waals surface area contributed by atoms with E-state index < -0.39 is 5.97 Å². The number of aromatic nitrogens is 2. The molecule has 0 amide bonds. The van der Waals surface area contributed by atoms with E-state index in [4.69, 9.17) is 9.47 Å². The molecule has 0 atom stereocenters. The van der Waals surface area contributed by atoms with Crippen molar-refractivity contribution in [2.45, 2.75) is 26.7 Å². The molecule has 0 aliphatic rings. The average molecular weight is 342 g/mol. The minimum atomic E-state index is -0.405. The van der Waals surface area contributed by atoms with Gasteiger partial charge in [-0.15, -0.1) is 0 Å². The number of carbonyl (C=O) groups is 2. The third-order valence-corrected chi connectivity index (χ3v) is 3.60. The summed E-state index contributed by atoms with van der Waals surface area (Å²) in [6.45, 7) is 3.96. The second-order valence-electron chi connectivity index (χ2n) is 5.45. The molecule has 0 saturated heterocycles. The zero-order valence-electron chi connectivity index (χ0n) is 14.7. The highest BCUT2D eigenvalue weighted by Crippen LogP contribution is 2.26. The Balaban J connectivity index is 2.36. The molecular formula is C19H22N2O4. The van der Waals surface area contributed by atoms with Crippen LogP contribution in [-0.4, -0.2) is 35.5 Å². The normalized spacial score (nSPS) is 11.2. The maximum absolute atomic E-state index is 12.0. The van der Waals surface area contributed by atoms with Crippen molar-refractivity contribution in [1.82, 2.24) is 9.55 Å². The third kappa shape index (κ3) is 4.79. The van der Waals surface area contributed by atoms with Crippen LogP contribution in [0.4, 0.5) is 0 Å². The monoisotopic (exact) mass is 342 g/mol. The third-order valence-electron chi connectivity index (χ3n) is 3.60. The largest absolute Gasteiger partial charge is 0.495 e. The minimum absolute atomic E-state index is 0.272. The van der Waals surface area contributed by atoms with Crippen LogP contribution < -0.4 is 4.74 Å². The van der Waals surface area contributed by atoms with E-state index in [1.807, 2.05) is 35.9 Å². The number of rotatable bonds is 8. The van der Waals surface area contributed by atoms with E-state index in [-0.39, 0.29) is 6.42 Å². The first-order valence-corrected chi connectivity index (χ1v) is 8.09. The minimum Gasteiger partial charge on any atom is -0.495 e. The van der Waals surface area contributed by atoms with Gasteiger partial charge in [-0.3, -0.25) is 0 Å². The highest BCUT2D eigenvalue weighted by Gasteiger charge is 2.12. The molecule has 0 spiro atoms. The lowest BCUT2D eigenvalue weighted by molar-refractivity contribution is -0.138. The molecule has 0 fully saturated rings. The summed E-state index contributed by atoms with van der Waals surface area (Å²) >= 11 is 0. The van der Waals surface area contributed by atoms with Gasteiger partial charge in [-0.1, -0.05) is 6.07 Å². The van der Waals surface area contributed by atoms with Crippen molar-refractivity contribution in [2.75, 3.05) is 13.7 Å². The van der Waals surface area contributed by atoms with Crippen molar-refractivity contribution >= 4 is 18.3 Å². The lowest BCUT2D eigenvalue weighted by Crippen LogP contribution is -2.08. The predicted molar refractivity (Wildman–Crippen MR) is 94.8 cm³/mol. The second-order valence-corrected chi connectivity index (χ2v) is 5.45. The fourth-order valence-corrected chi connectivity index (χ4v) is 2.42. The average Bonchev–Trinajstić information content (AvgIpc) is 3.04. The molecule has 1 heterocycles. The summed E-state index contributed by atoms with van der Waals surface area (Å²) in [7, 11) is 1.59. The van der Waals surface area contributed by atoms with Crippen LogP contribution in [0, 0.1) is 6.92 Å². The quantitative estimate of drug-likeness (QED) is 0.419. The van der Waals surface area contributed by atoms with Crippen LogP contribution >= 0.6 is 0 Å². The number of imidazole rings is 1. The van der Waals surface area contributed by atoms with E-state index >= 15 is 0 Å². The number of benzene rings is 1. The Labute approximate surface area is 147 Å². The summed E-state index contributed by atoms with van der Waals surface area (Å²) in [4.78, 5) is 26.9. The Morgan fingerprint density at radius 1 is 1.36 bits per heavy atom. The highest BCUT2D eigenvalue weighted by atomic mass is 16.5. The van der Waals surface area contributed by atoms with Gasteiger partial charge in [0.1, 0.15) is 12.0 Å². The fourth-order valence-electron chi connectivity index (χ4n) is 2.42. The Hall–Kier alpha value is -2.89. The molecule has 1 aromatic heterocycles. The predicted octanol–water partition coefficient (Wildman–Crippen LogP) is 3.11. The maximum Gasteiger partial charge on any atom is 0.334 e. The smallest absolute Gasteiger partial charge is 0.334 e.